The van der Waals surface area contributed by atoms with E-state index in [2.05, 4.69) is 20.7 Å². The molecule has 0 aliphatic heterocycles. The van der Waals surface area contributed by atoms with Gasteiger partial charge < -0.3 is 5.11 Å². The Morgan fingerprint density at radius 3 is 2.27 bits per heavy atom. The van der Waals surface area contributed by atoms with Crippen molar-refractivity contribution in [3.05, 3.63) is 96.1 Å². The number of carbonyl (C=O) groups is 2. The summed E-state index contributed by atoms with van der Waals surface area (Å²) in [4.78, 5) is 23.2. The van der Waals surface area contributed by atoms with E-state index in [1.54, 1.807) is 12.1 Å². The molecule has 0 saturated heterocycles. The molecule has 3 aromatic carbocycles. The van der Waals surface area contributed by atoms with Gasteiger partial charge in [0, 0.05) is 11.3 Å². The van der Waals surface area contributed by atoms with E-state index in [1.165, 1.54) is 30.1 Å². The van der Waals surface area contributed by atoms with E-state index in [0.29, 0.717) is 16.5 Å². The lowest BCUT2D eigenvalue weighted by Crippen LogP contribution is -2.20. The van der Waals surface area contributed by atoms with Gasteiger partial charge in [0.15, 0.2) is 11.0 Å². The molecule has 0 unspecified atom stereocenters. The summed E-state index contributed by atoms with van der Waals surface area (Å²) >= 11 is 1.26. The topological polar surface area (TPSA) is 109 Å². The molecule has 33 heavy (non-hydrogen) atoms. The van der Waals surface area contributed by atoms with Crippen molar-refractivity contribution in [2.45, 2.75) is 5.16 Å². The minimum Gasteiger partial charge on any atom is -0.478 e. The van der Waals surface area contributed by atoms with Crippen molar-refractivity contribution in [2.75, 3.05) is 5.75 Å². The highest BCUT2D eigenvalue weighted by Crippen LogP contribution is 2.27. The summed E-state index contributed by atoms with van der Waals surface area (Å²) in [6.07, 6.45) is 1.45. The van der Waals surface area contributed by atoms with Gasteiger partial charge in [-0.25, -0.2) is 10.2 Å². The zero-order valence-corrected chi connectivity index (χ0v) is 18.1. The van der Waals surface area contributed by atoms with E-state index >= 15 is 0 Å². The van der Waals surface area contributed by atoms with Gasteiger partial charge in [0.25, 0.3) is 5.91 Å². The third-order valence-electron chi connectivity index (χ3n) is 4.57. The number of aromatic carboxylic acids is 1. The number of carboxylic acid groups (broad SMARTS) is 1. The highest BCUT2D eigenvalue weighted by atomic mass is 32.2. The number of hydrogen-bond donors (Lipinski definition) is 2. The Morgan fingerprint density at radius 2 is 1.61 bits per heavy atom. The fraction of sp³-hybridized carbons (Fsp3) is 0.0417. The number of aromatic nitrogens is 3. The molecular formula is C24H19N5O3S. The Balaban J connectivity index is 1.44. The monoisotopic (exact) mass is 457 g/mol. The molecule has 0 spiro atoms. The van der Waals surface area contributed by atoms with Crippen molar-refractivity contribution < 1.29 is 14.7 Å². The number of nitrogens with one attached hydrogen (secondary N) is 1. The molecule has 1 aromatic heterocycles. The van der Waals surface area contributed by atoms with Gasteiger partial charge >= 0.3 is 5.97 Å². The van der Waals surface area contributed by atoms with Gasteiger partial charge in [-0.3, -0.25) is 9.36 Å². The smallest absolute Gasteiger partial charge is 0.335 e. The van der Waals surface area contributed by atoms with Crippen LogP contribution in [0.5, 0.6) is 0 Å². The molecule has 0 aliphatic rings. The number of carboxylic acids is 1. The lowest BCUT2D eigenvalue weighted by Gasteiger charge is -2.10. The normalized spacial score (nSPS) is 10.9. The number of para-hydroxylation sites is 1. The average Bonchev–Trinajstić information content (AvgIpc) is 3.28. The van der Waals surface area contributed by atoms with Crippen LogP contribution in [-0.4, -0.2) is 43.7 Å². The Hall–Kier alpha value is -4.24. The van der Waals surface area contributed by atoms with Crippen molar-refractivity contribution in [3.8, 4) is 17.1 Å². The molecule has 0 aliphatic carbocycles. The summed E-state index contributed by atoms with van der Waals surface area (Å²) in [6.45, 7) is 0. The predicted molar refractivity (Wildman–Crippen MR) is 127 cm³/mol. The van der Waals surface area contributed by atoms with Crippen molar-refractivity contribution >= 4 is 29.9 Å². The fourth-order valence-corrected chi connectivity index (χ4v) is 3.74. The molecule has 4 rings (SSSR count). The largest absolute Gasteiger partial charge is 0.478 e. The molecule has 1 heterocycles. The first kappa shape index (κ1) is 22.0. The van der Waals surface area contributed by atoms with Gasteiger partial charge in [-0.15, -0.1) is 10.2 Å². The predicted octanol–water partition coefficient (Wildman–Crippen LogP) is 3.87. The minimum absolute atomic E-state index is 0.0923. The van der Waals surface area contributed by atoms with Gasteiger partial charge in [0.2, 0.25) is 0 Å². The van der Waals surface area contributed by atoms with Crippen LogP contribution >= 0.6 is 11.8 Å². The number of nitrogens with zero attached hydrogens (tertiary/aromatic N) is 4. The summed E-state index contributed by atoms with van der Waals surface area (Å²) in [7, 11) is 0. The molecule has 9 heteroatoms. The van der Waals surface area contributed by atoms with Crippen molar-refractivity contribution in [2.24, 2.45) is 5.10 Å². The highest BCUT2D eigenvalue weighted by molar-refractivity contribution is 7.99. The second-order valence-electron chi connectivity index (χ2n) is 6.85. The number of hydrazone groups is 1. The Labute approximate surface area is 194 Å². The van der Waals surface area contributed by atoms with Crippen LogP contribution in [-0.2, 0) is 4.79 Å². The summed E-state index contributed by atoms with van der Waals surface area (Å²) in [6, 6.07) is 25.6. The Morgan fingerprint density at radius 1 is 0.939 bits per heavy atom. The summed E-state index contributed by atoms with van der Waals surface area (Å²) in [5.41, 5.74) is 5.14. The third-order valence-corrected chi connectivity index (χ3v) is 5.50. The van der Waals surface area contributed by atoms with Gasteiger partial charge in [-0.2, -0.15) is 5.10 Å². The number of carbonyl (C=O) groups excluding carboxylic acids is 1. The van der Waals surface area contributed by atoms with Crippen LogP contribution in [0.4, 0.5) is 0 Å². The van der Waals surface area contributed by atoms with Crippen LogP contribution < -0.4 is 5.43 Å². The molecule has 0 saturated carbocycles. The molecule has 2 N–H and O–H groups in total. The van der Waals surface area contributed by atoms with E-state index in [4.69, 9.17) is 5.11 Å². The molecule has 0 bridgehead atoms. The first-order valence-corrected chi connectivity index (χ1v) is 10.9. The van der Waals surface area contributed by atoms with Crippen molar-refractivity contribution in [3.63, 3.8) is 0 Å². The summed E-state index contributed by atoms with van der Waals surface area (Å²) < 4.78 is 1.92. The number of thioether (sulfide) groups is 1. The van der Waals surface area contributed by atoms with E-state index in [0.717, 1.165) is 11.3 Å². The van der Waals surface area contributed by atoms with E-state index in [9.17, 15) is 9.59 Å². The maximum atomic E-state index is 12.3. The molecule has 0 atom stereocenters. The van der Waals surface area contributed by atoms with Crippen molar-refractivity contribution in [1.29, 1.82) is 0 Å². The van der Waals surface area contributed by atoms with Crippen LogP contribution in [0.25, 0.3) is 17.1 Å². The third kappa shape index (κ3) is 5.52. The number of hydrogen-bond acceptors (Lipinski definition) is 6. The standard InChI is InChI=1S/C24H19N5O3S/c30-21(26-25-15-17-11-13-19(14-12-17)23(31)32)16-33-24-28-27-22(18-7-3-1-4-8-18)29(24)20-9-5-2-6-10-20/h1-15H,16H2,(H,26,30)(H,31,32)/b25-15+. The van der Waals surface area contributed by atoms with Gasteiger partial charge in [-0.05, 0) is 29.8 Å². The maximum absolute atomic E-state index is 12.3. The minimum atomic E-state index is -0.998. The molecule has 8 nitrogen and oxygen atoms in total. The number of rotatable bonds is 8. The fourth-order valence-electron chi connectivity index (χ4n) is 3.00. The summed E-state index contributed by atoms with van der Waals surface area (Å²) in [5.74, 6) is -0.521. The maximum Gasteiger partial charge on any atom is 0.335 e. The Kier molecular flexibility index (Phi) is 6.91. The lowest BCUT2D eigenvalue weighted by molar-refractivity contribution is -0.118. The average molecular weight is 458 g/mol. The molecule has 0 fully saturated rings. The van der Waals surface area contributed by atoms with Crippen LogP contribution in [0, 0.1) is 0 Å². The van der Waals surface area contributed by atoms with Crippen LogP contribution in [0.15, 0.2) is 95.2 Å². The van der Waals surface area contributed by atoms with Crippen molar-refractivity contribution in [1.82, 2.24) is 20.2 Å². The first-order chi connectivity index (χ1) is 16.1. The van der Waals surface area contributed by atoms with E-state index in [-0.39, 0.29) is 17.2 Å². The van der Waals surface area contributed by atoms with Gasteiger partial charge in [0.1, 0.15) is 0 Å². The van der Waals surface area contributed by atoms with Gasteiger partial charge in [0.05, 0.1) is 17.5 Å². The van der Waals surface area contributed by atoms with Crippen LogP contribution in [0.1, 0.15) is 15.9 Å². The molecule has 164 valence electrons. The zero-order chi connectivity index (χ0) is 23.0. The van der Waals surface area contributed by atoms with Gasteiger partial charge in [-0.1, -0.05) is 72.4 Å². The summed E-state index contributed by atoms with van der Waals surface area (Å²) in [5, 5.41) is 22.1. The van der Waals surface area contributed by atoms with Crippen LogP contribution in [0.2, 0.25) is 0 Å². The molecule has 0 radical (unpaired) electrons. The quantitative estimate of drug-likeness (QED) is 0.236. The Bertz CT molecular complexity index is 1270. The number of amides is 1. The molecule has 1 amide bonds. The highest BCUT2D eigenvalue weighted by Gasteiger charge is 2.17. The molecular weight excluding hydrogens is 438 g/mol. The second kappa shape index (κ2) is 10.4. The zero-order valence-electron chi connectivity index (χ0n) is 17.3. The van der Waals surface area contributed by atoms with E-state index in [1.807, 2.05) is 65.2 Å². The van der Waals surface area contributed by atoms with E-state index < -0.39 is 5.97 Å². The number of benzene rings is 3. The lowest BCUT2D eigenvalue weighted by atomic mass is 10.1. The van der Waals surface area contributed by atoms with Crippen LogP contribution in [0.3, 0.4) is 0 Å². The SMILES string of the molecule is O=C(CSc1nnc(-c2ccccc2)n1-c1ccccc1)N/N=C/c1ccc(C(=O)O)cc1. The molecule has 4 aromatic rings. The first-order valence-electron chi connectivity index (χ1n) is 9.96. The second-order valence-corrected chi connectivity index (χ2v) is 7.79.